The molecule has 8 heteroatoms. The summed E-state index contributed by atoms with van der Waals surface area (Å²) in [6, 6.07) is 14.7. The number of hydrogen-bond acceptors (Lipinski definition) is 7. The first-order valence-corrected chi connectivity index (χ1v) is 10.9. The van der Waals surface area contributed by atoms with Crippen LogP contribution in [0.1, 0.15) is 26.7 Å². The van der Waals surface area contributed by atoms with Gasteiger partial charge in [0.05, 0.1) is 0 Å². The van der Waals surface area contributed by atoms with Crippen LogP contribution in [0.2, 0.25) is 0 Å². The van der Waals surface area contributed by atoms with Crippen molar-refractivity contribution in [2.45, 2.75) is 23.4 Å². The maximum absolute atomic E-state index is 12.8. The highest BCUT2D eigenvalue weighted by Gasteiger charge is 2.21. The summed E-state index contributed by atoms with van der Waals surface area (Å²) in [6.45, 7) is 2.36. The molecule has 0 bridgehead atoms. The Morgan fingerprint density at radius 3 is 2.86 bits per heavy atom. The molecule has 0 spiro atoms. The summed E-state index contributed by atoms with van der Waals surface area (Å²) in [4.78, 5) is 12.8. The predicted octanol–water partition coefficient (Wildman–Crippen LogP) is 4.56. The molecule has 0 aliphatic heterocycles. The molecular weight excluding hydrogens is 406 g/mol. The fraction of sp³-hybridized carbons (Fsp3) is 0.190. The summed E-state index contributed by atoms with van der Waals surface area (Å²) < 4.78 is 6.74. The van der Waals surface area contributed by atoms with Crippen LogP contribution in [0.3, 0.4) is 0 Å². The molecule has 2 heterocycles. The van der Waals surface area contributed by atoms with Crippen LogP contribution in [0, 0.1) is 6.92 Å². The lowest BCUT2D eigenvalue weighted by molar-refractivity contribution is 0.0927. The second kappa shape index (κ2) is 8.67. The first kappa shape index (κ1) is 19.5. The Balaban J connectivity index is 1.50. The summed E-state index contributed by atoms with van der Waals surface area (Å²) in [5.41, 5.74) is 2.50. The number of thioether (sulfide) groups is 1. The first-order chi connectivity index (χ1) is 14.1. The molecule has 0 radical (unpaired) electrons. The molecule has 2 N–H and O–H groups in total. The van der Waals surface area contributed by atoms with E-state index in [4.69, 9.17) is 4.42 Å². The predicted molar refractivity (Wildman–Crippen MR) is 115 cm³/mol. The van der Waals surface area contributed by atoms with Gasteiger partial charge in [-0.3, -0.25) is 4.79 Å². The lowest BCUT2D eigenvalue weighted by Crippen LogP contribution is -2.26. The average molecular weight is 426 g/mol. The van der Waals surface area contributed by atoms with E-state index in [-0.39, 0.29) is 11.7 Å². The monoisotopic (exact) mass is 425 g/mol. The molecule has 0 saturated carbocycles. The molecule has 0 aliphatic carbocycles. The van der Waals surface area contributed by atoms with Crippen molar-refractivity contribution in [3.8, 4) is 5.75 Å². The third-order valence-electron chi connectivity index (χ3n) is 4.36. The molecule has 0 aliphatic rings. The molecule has 4 aromatic rings. The van der Waals surface area contributed by atoms with E-state index < -0.39 is 0 Å². The van der Waals surface area contributed by atoms with Gasteiger partial charge in [-0.1, -0.05) is 53.4 Å². The topological polar surface area (TPSA) is 88.2 Å². The summed E-state index contributed by atoms with van der Waals surface area (Å²) >= 11 is 3.08. The van der Waals surface area contributed by atoms with Gasteiger partial charge in [-0.15, -0.1) is 10.2 Å². The molecule has 0 saturated heterocycles. The Bertz CT molecular complexity index is 1150. The Hall–Kier alpha value is -2.84. The van der Waals surface area contributed by atoms with Crippen molar-refractivity contribution in [2.24, 2.45) is 0 Å². The van der Waals surface area contributed by atoms with Gasteiger partial charge in [0.15, 0.2) is 10.1 Å². The number of nitrogens with one attached hydrogen (secondary N) is 1. The minimum absolute atomic E-state index is 0.220. The quantitative estimate of drug-likeness (QED) is 0.422. The third-order valence-corrected chi connectivity index (χ3v) is 6.36. The third kappa shape index (κ3) is 4.60. The van der Waals surface area contributed by atoms with Gasteiger partial charge in [-0.2, -0.15) is 0 Å². The lowest BCUT2D eigenvalue weighted by Gasteiger charge is -2.06. The number of nitrogens with zero attached hydrogens (tertiary/aromatic N) is 2. The van der Waals surface area contributed by atoms with Crippen LogP contribution in [0.15, 0.2) is 57.3 Å². The van der Waals surface area contributed by atoms with Crippen LogP contribution in [0.4, 0.5) is 0 Å². The number of phenolic OH excluding ortho intramolecular Hbond substituents is 1. The largest absolute Gasteiger partial charge is 0.508 e. The smallest absolute Gasteiger partial charge is 0.287 e. The Morgan fingerprint density at radius 2 is 2.07 bits per heavy atom. The SMILES string of the molecule is Cc1nnc(SCc2c(C(=O)NCCc3cccc(O)c3)oc3ccccc23)s1. The minimum Gasteiger partial charge on any atom is -0.508 e. The average Bonchev–Trinajstić information content (AvgIpc) is 3.29. The van der Waals surface area contributed by atoms with E-state index >= 15 is 0 Å². The number of para-hydroxylation sites is 1. The summed E-state index contributed by atoms with van der Waals surface area (Å²) in [5.74, 6) is 0.875. The Kier molecular flexibility index (Phi) is 5.82. The number of benzene rings is 2. The zero-order valence-corrected chi connectivity index (χ0v) is 17.3. The van der Waals surface area contributed by atoms with Crippen molar-refractivity contribution in [3.63, 3.8) is 0 Å². The number of furan rings is 1. The Morgan fingerprint density at radius 1 is 1.21 bits per heavy atom. The van der Waals surface area contributed by atoms with Gasteiger partial charge in [0.25, 0.3) is 5.91 Å². The van der Waals surface area contributed by atoms with E-state index in [1.165, 1.54) is 11.3 Å². The highest BCUT2D eigenvalue weighted by Crippen LogP contribution is 2.33. The van der Waals surface area contributed by atoms with Gasteiger partial charge in [0, 0.05) is 23.2 Å². The van der Waals surface area contributed by atoms with Crippen LogP contribution in [0.25, 0.3) is 11.0 Å². The van der Waals surface area contributed by atoms with Gasteiger partial charge < -0.3 is 14.8 Å². The zero-order chi connectivity index (χ0) is 20.2. The van der Waals surface area contributed by atoms with Crippen LogP contribution in [0.5, 0.6) is 5.75 Å². The molecule has 148 valence electrons. The maximum atomic E-state index is 12.8. The van der Waals surface area contributed by atoms with Crippen LogP contribution >= 0.6 is 23.1 Å². The van der Waals surface area contributed by atoms with E-state index in [1.807, 2.05) is 37.3 Å². The van der Waals surface area contributed by atoms with Crippen molar-refractivity contribution in [1.82, 2.24) is 15.5 Å². The van der Waals surface area contributed by atoms with Crippen molar-refractivity contribution in [2.75, 3.05) is 6.54 Å². The van der Waals surface area contributed by atoms with Gasteiger partial charge >= 0.3 is 0 Å². The molecular formula is C21H19N3O3S2. The normalized spacial score (nSPS) is 11.1. The first-order valence-electron chi connectivity index (χ1n) is 9.09. The number of hydrogen-bond donors (Lipinski definition) is 2. The minimum atomic E-state index is -0.245. The second-order valence-electron chi connectivity index (χ2n) is 6.46. The molecule has 6 nitrogen and oxygen atoms in total. The second-order valence-corrected chi connectivity index (χ2v) is 8.86. The fourth-order valence-corrected chi connectivity index (χ4v) is 4.85. The Labute approximate surface area is 176 Å². The number of amides is 1. The van der Waals surface area contributed by atoms with Crippen molar-refractivity contribution >= 4 is 40.0 Å². The molecule has 29 heavy (non-hydrogen) atoms. The fourth-order valence-electron chi connectivity index (χ4n) is 3.01. The highest BCUT2D eigenvalue weighted by molar-refractivity contribution is 8.00. The summed E-state index contributed by atoms with van der Waals surface area (Å²) in [7, 11) is 0. The van der Waals surface area contributed by atoms with Gasteiger partial charge in [-0.25, -0.2) is 0 Å². The molecule has 0 fully saturated rings. The number of aryl methyl sites for hydroxylation is 1. The van der Waals surface area contributed by atoms with Crippen LogP contribution in [-0.2, 0) is 12.2 Å². The van der Waals surface area contributed by atoms with E-state index in [0.29, 0.717) is 30.1 Å². The number of phenols is 1. The van der Waals surface area contributed by atoms with E-state index in [2.05, 4.69) is 15.5 Å². The van der Waals surface area contributed by atoms with Gasteiger partial charge in [0.2, 0.25) is 0 Å². The van der Waals surface area contributed by atoms with Gasteiger partial charge in [0.1, 0.15) is 16.3 Å². The van der Waals surface area contributed by atoms with Gasteiger partial charge in [-0.05, 0) is 37.1 Å². The molecule has 0 atom stereocenters. The number of aromatic nitrogens is 2. The lowest BCUT2D eigenvalue weighted by atomic mass is 10.1. The summed E-state index contributed by atoms with van der Waals surface area (Å²) in [6.07, 6.45) is 0.620. The van der Waals surface area contributed by atoms with Crippen molar-refractivity contribution < 1.29 is 14.3 Å². The number of aromatic hydroxyl groups is 1. The molecule has 2 aromatic heterocycles. The zero-order valence-electron chi connectivity index (χ0n) is 15.7. The number of fused-ring (bicyclic) bond motifs is 1. The maximum Gasteiger partial charge on any atom is 0.287 e. The van der Waals surface area contributed by atoms with E-state index in [0.717, 1.165) is 25.9 Å². The highest BCUT2D eigenvalue weighted by atomic mass is 32.2. The molecule has 4 rings (SSSR count). The van der Waals surface area contributed by atoms with Crippen LogP contribution < -0.4 is 5.32 Å². The standard InChI is InChI=1S/C21H19N3O3S2/c1-13-23-24-21(29-13)28-12-17-16-7-2-3-8-18(16)27-19(17)20(26)22-10-9-14-5-4-6-15(25)11-14/h2-8,11,25H,9-10,12H2,1H3,(H,22,26). The van der Waals surface area contributed by atoms with Crippen molar-refractivity contribution in [3.05, 3.63) is 70.4 Å². The summed E-state index contributed by atoms with van der Waals surface area (Å²) in [5, 5.41) is 22.5. The van der Waals surface area contributed by atoms with E-state index in [1.54, 1.807) is 30.0 Å². The van der Waals surface area contributed by atoms with Crippen LogP contribution in [-0.4, -0.2) is 27.8 Å². The number of carbonyl (C=O) groups excluding carboxylic acids is 1. The molecule has 0 unspecified atom stereocenters. The van der Waals surface area contributed by atoms with E-state index in [9.17, 15) is 9.90 Å². The molecule has 2 aromatic carbocycles. The van der Waals surface area contributed by atoms with Crippen molar-refractivity contribution in [1.29, 1.82) is 0 Å². The molecule has 1 amide bonds. The number of rotatable bonds is 7. The number of carbonyl (C=O) groups is 1.